The van der Waals surface area contributed by atoms with E-state index in [1.165, 1.54) is 6.20 Å². The first-order chi connectivity index (χ1) is 10.7. The van der Waals surface area contributed by atoms with E-state index in [0.29, 0.717) is 5.69 Å². The predicted molar refractivity (Wildman–Crippen MR) is 84.6 cm³/mol. The average Bonchev–Trinajstić information content (AvgIpc) is 3.01. The van der Waals surface area contributed by atoms with Crippen molar-refractivity contribution in [2.75, 3.05) is 5.43 Å². The summed E-state index contributed by atoms with van der Waals surface area (Å²) in [5.41, 5.74) is 4.28. The minimum absolute atomic E-state index is 0.00660. The number of aromatic amines is 1. The molecular formula is C14H11ClN6O. The highest BCUT2D eigenvalue weighted by Crippen LogP contribution is 2.14. The van der Waals surface area contributed by atoms with Gasteiger partial charge in [0.15, 0.2) is 0 Å². The van der Waals surface area contributed by atoms with Crippen LogP contribution in [0.3, 0.4) is 0 Å². The van der Waals surface area contributed by atoms with Gasteiger partial charge < -0.3 is 0 Å². The average molecular weight is 315 g/mol. The summed E-state index contributed by atoms with van der Waals surface area (Å²) in [7, 11) is 0. The van der Waals surface area contributed by atoms with Gasteiger partial charge in [-0.15, -0.1) is 0 Å². The van der Waals surface area contributed by atoms with Crippen molar-refractivity contribution in [3.05, 3.63) is 69.9 Å². The number of hydrogen-bond donors (Lipinski definition) is 2. The van der Waals surface area contributed by atoms with Gasteiger partial charge >= 0.3 is 0 Å². The summed E-state index contributed by atoms with van der Waals surface area (Å²) in [4.78, 5) is 11.3. The molecule has 0 unspecified atom stereocenters. The SMILES string of the molecule is O=c1[nH]ncc(N/N=C\c2cnn(-c3ccccc3)c2)c1Cl. The molecule has 7 nitrogen and oxygen atoms in total. The minimum atomic E-state index is -0.473. The highest BCUT2D eigenvalue weighted by Gasteiger charge is 2.03. The first-order valence-corrected chi connectivity index (χ1v) is 6.74. The number of hydrogen-bond acceptors (Lipinski definition) is 5. The number of H-pyrrole nitrogens is 1. The quantitative estimate of drug-likeness (QED) is 0.570. The Morgan fingerprint density at radius 2 is 2.09 bits per heavy atom. The van der Waals surface area contributed by atoms with E-state index in [9.17, 15) is 4.79 Å². The van der Waals surface area contributed by atoms with Gasteiger partial charge in [0.1, 0.15) is 10.7 Å². The lowest BCUT2D eigenvalue weighted by molar-refractivity contribution is 0.880. The van der Waals surface area contributed by atoms with E-state index in [2.05, 4.69) is 25.8 Å². The summed E-state index contributed by atoms with van der Waals surface area (Å²) >= 11 is 5.82. The molecule has 0 aliphatic carbocycles. The van der Waals surface area contributed by atoms with Gasteiger partial charge in [-0.05, 0) is 12.1 Å². The van der Waals surface area contributed by atoms with Crippen LogP contribution in [0.1, 0.15) is 5.56 Å². The van der Waals surface area contributed by atoms with Crippen LogP contribution in [0.2, 0.25) is 5.02 Å². The molecule has 0 aliphatic heterocycles. The van der Waals surface area contributed by atoms with Crippen LogP contribution in [-0.2, 0) is 0 Å². The molecule has 22 heavy (non-hydrogen) atoms. The zero-order valence-corrected chi connectivity index (χ0v) is 12.0. The van der Waals surface area contributed by atoms with Crippen molar-refractivity contribution in [1.82, 2.24) is 20.0 Å². The number of nitrogens with one attached hydrogen (secondary N) is 2. The second-order valence-electron chi connectivity index (χ2n) is 4.35. The van der Waals surface area contributed by atoms with Crippen LogP contribution < -0.4 is 11.0 Å². The minimum Gasteiger partial charge on any atom is -0.275 e. The number of para-hydroxylation sites is 1. The topological polar surface area (TPSA) is 88.0 Å². The van der Waals surface area contributed by atoms with Gasteiger partial charge in [-0.3, -0.25) is 10.2 Å². The van der Waals surface area contributed by atoms with Crippen molar-refractivity contribution in [1.29, 1.82) is 0 Å². The lowest BCUT2D eigenvalue weighted by Crippen LogP contribution is -2.10. The molecule has 0 spiro atoms. The fraction of sp³-hybridized carbons (Fsp3) is 0. The first kappa shape index (κ1) is 14.0. The third-order valence-corrected chi connectivity index (χ3v) is 3.19. The van der Waals surface area contributed by atoms with E-state index < -0.39 is 5.56 Å². The molecule has 0 bridgehead atoms. The normalized spacial score (nSPS) is 11.0. The van der Waals surface area contributed by atoms with E-state index in [1.54, 1.807) is 17.1 Å². The third-order valence-electron chi connectivity index (χ3n) is 2.82. The number of anilines is 1. The highest BCUT2D eigenvalue weighted by molar-refractivity contribution is 6.32. The number of benzene rings is 1. The third kappa shape index (κ3) is 3.04. The summed E-state index contributed by atoms with van der Waals surface area (Å²) in [6.07, 6.45) is 6.46. The second kappa shape index (κ2) is 6.23. The van der Waals surface area contributed by atoms with Crippen molar-refractivity contribution in [2.45, 2.75) is 0 Å². The van der Waals surface area contributed by atoms with E-state index in [-0.39, 0.29) is 5.02 Å². The van der Waals surface area contributed by atoms with E-state index in [1.807, 2.05) is 36.5 Å². The molecule has 2 aromatic heterocycles. The maximum absolute atomic E-state index is 11.3. The van der Waals surface area contributed by atoms with Crippen LogP contribution in [-0.4, -0.2) is 26.2 Å². The molecule has 8 heteroatoms. The Labute approximate surface area is 130 Å². The molecular weight excluding hydrogens is 304 g/mol. The Bertz CT molecular complexity index is 855. The predicted octanol–water partition coefficient (Wildman–Crippen LogP) is 2.05. The fourth-order valence-electron chi connectivity index (χ4n) is 1.76. The number of aromatic nitrogens is 4. The summed E-state index contributed by atoms with van der Waals surface area (Å²) < 4.78 is 1.74. The highest BCUT2D eigenvalue weighted by atomic mass is 35.5. The van der Waals surface area contributed by atoms with Crippen LogP contribution in [0.15, 0.2) is 58.8 Å². The molecule has 0 fully saturated rings. The molecule has 0 aliphatic rings. The number of nitrogens with zero attached hydrogens (tertiary/aromatic N) is 4. The standard InChI is InChI=1S/C14H11ClN6O/c15-13-12(8-17-20-14(13)22)19-16-6-10-7-18-21(9-10)11-4-2-1-3-5-11/h1-9H,(H2,19,20,22)/b16-6-. The van der Waals surface area contributed by atoms with Crippen molar-refractivity contribution in [2.24, 2.45) is 5.10 Å². The van der Waals surface area contributed by atoms with Crippen molar-refractivity contribution < 1.29 is 0 Å². The zero-order chi connectivity index (χ0) is 15.4. The van der Waals surface area contributed by atoms with Crippen LogP contribution in [0.4, 0.5) is 5.69 Å². The molecule has 1 aromatic carbocycles. The molecule has 3 aromatic rings. The smallest absolute Gasteiger partial charge is 0.275 e. The van der Waals surface area contributed by atoms with Crippen LogP contribution in [0, 0.1) is 0 Å². The molecule has 110 valence electrons. The van der Waals surface area contributed by atoms with Gasteiger partial charge in [-0.1, -0.05) is 29.8 Å². The van der Waals surface area contributed by atoms with Crippen LogP contribution >= 0.6 is 11.6 Å². The number of hydrazone groups is 1. The Kier molecular flexibility index (Phi) is 3.97. The van der Waals surface area contributed by atoms with Crippen LogP contribution in [0.25, 0.3) is 5.69 Å². The van der Waals surface area contributed by atoms with Gasteiger partial charge in [0.05, 0.1) is 24.3 Å². The number of halogens is 1. The summed E-state index contributed by atoms with van der Waals surface area (Å²) in [6.45, 7) is 0. The van der Waals surface area contributed by atoms with Gasteiger partial charge in [0, 0.05) is 11.8 Å². The largest absolute Gasteiger partial charge is 0.285 e. The van der Waals surface area contributed by atoms with Gasteiger partial charge in [-0.25, -0.2) is 9.78 Å². The van der Waals surface area contributed by atoms with Crippen molar-refractivity contribution in [3.63, 3.8) is 0 Å². The molecule has 0 amide bonds. The Morgan fingerprint density at radius 1 is 1.27 bits per heavy atom. The molecule has 0 atom stereocenters. The molecule has 2 N–H and O–H groups in total. The summed E-state index contributed by atoms with van der Waals surface area (Å²) in [6, 6.07) is 9.73. The summed E-state index contributed by atoms with van der Waals surface area (Å²) in [5.74, 6) is 0. The maximum Gasteiger partial charge on any atom is 0.285 e. The lowest BCUT2D eigenvalue weighted by atomic mass is 10.3. The maximum atomic E-state index is 11.3. The second-order valence-corrected chi connectivity index (χ2v) is 4.73. The fourth-order valence-corrected chi connectivity index (χ4v) is 1.90. The zero-order valence-electron chi connectivity index (χ0n) is 11.3. The van der Waals surface area contributed by atoms with Gasteiger partial charge in [0.25, 0.3) is 5.56 Å². The summed E-state index contributed by atoms with van der Waals surface area (Å²) in [5, 5.41) is 14.1. The molecule has 0 radical (unpaired) electrons. The number of rotatable bonds is 4. The Morgan fingerprint density at radius 3 is 2.91 bits per heavy atom. The molecule has 3 rings (SSSR count). The molecule has 2 heterocycles. The van der Waals surface area contributed by atoms with E-state index in [0.717, 1.165) is 11.3 Å². The van der Waals surface area contributed by atoms with Gasteiger partial charge in [-0.2, -0.15) is 15.3 Å². The molecule has 0 saturated carbocycles. The van der Waals surface area contributed by atoms with Crippen molar-refractivity contribution in [3.8, 4) is 5.69 Å². The van der Waals surface area contributed by atoms with E-state index in [4.69, 9.17) is 11.6 Å². The van der Waals surface area contributed by atoms with E-state index >= 15 is 0 Å². The Hall–Kier alpha value is -2.93. The van der Waals surface area contributed by atoms with Crippen molar-refractivity contribution >= 4 is 23.5 Å². The van der Waals surface area contributed by atoms with Crippen LogP contribution in [0.5, 0.6) is 0 Å². The molecule has 0 saturated heterocycles. The van der Waals surface area contributed by atoms with Gasteiger partial charge in [0.2, 0.25) is 0 Å². The monoisotopic (exact) mass is 314 g/mol. The first-order valence-electron chi connectivity index (χ1n) is 6.36. The lowest BCUT2D eigenvalue weighted by Gasteiger charge is -2.00. The Balaban J connectivity index is 1.73.